The standard InChI is InChI=1S/C11H15N3S2.C8H12.2ClH.Ru/c15-11(13-9-4-1-2-5-9)14-12-8-10-6-3-7-16-10;1-2-4-6-8-7-5-3-1;;;/h3,6-9H,1-2,4-5H2,(H2,13,14,15);1-2,7-8H,3-6H2;2*1H;/q;;;;+2/p-2/b12-8+;2-1-,8-7-;;;. The van der Waals surface area contributed by atoms with Gasteiger partial charge in [0.15, 0.2) is 5.11 Å². The molecule has 0 aliphatic heterocycles. The van der Waals surface area contributed by atoms with E-state index in [1.165, 1.54) is 51.4 Å². The number of thiophene rings is 1. The Morgan fingerprint density at radius 3 is 2.07 bits per heavy atom. The molecule has 152 valence electrons. The van der Waals surface area contributed by atoms with Crippen molar-refractivity contribution < 1.29 is 44.3 Å². The van der Waals surface area contributed by atoms with Crippen molar-refractivity contribution in [3.63, 3.8) is 0 Å². The molecule has 8 heteroatoms. The fraction of sp³-hybridized carbons (Fsp3) is 0.474. The second-order valence-electron chi connectivity index (χ2n) is 5.94. The Balaban J connectivity index is 0. The Morgan fingerprint density at radius 2 is 1.59 bits per heavy atom. The number of rotatable bonds is 3. The molecule has 1 heterocycles. The van der Waals surface area contributed by atoms with Crippen molar-refractivity contribution in [2.75, 3.05) is 0 Å². The van der Waals surface area contributed by atoms with Gasteiger partial charge >= 0.3 is 19.5 Å². The molecule has 0 radical (unpaired) electrons. The molecule has 0 unspecified atom stereocenters. The van der Waals surface area contributed by atoms with Crippen LogP contribution < -0.4 is 35.6 Å². The van der Waals surface area contributed by atoms with Crippen LogP contribution in [0.15, 0.2) is 46.9 Å². The first-order chi connectivity index (χ1) is 11.8. The first-order valence-electron chi connectivity index (χ1n) is 8.77. The minimum absolute atomic E-state index is 0. The van der Waals surface area contributed by atoms with Crippen LogP contribution in [0.3, 0.4) is 0 Å². The molecule has 1 saturated carbocycles. The van der Waals surface area contributed by atoms with Crippen molar-refractivity contribution >= 4 is 34.9 Å². The van der Waals surface area contributed by atoms with E-state index in [1.807, 2.05) is 17.5 Å². The van der Waals surface area contributed by atoms with E-state index >= 15 is 0 Å². The third-order valence-electron chi connectivity index (χ3n) is 3.92. The van der Waals surface area contributed by atoms with Gasteiger partial charge in [0.25, 0.3) is 0 Å². The maximum Gasteiger partial charge on any atom is 2.00 e. The second kappa shape index (κ2) is 19.1. The fourth-order valence-corrected chi connectivity index (χ4v) is 3.47. The van der Waals surface area contributed by atoms with Crippen LogP contribution in [-0.2, 0) is 19.5 Å². The van der Waals surface area contributed by atoms with Crippen LogP contribution in [0.2, 0.25) is 0 Å². The van der Waals surface area contributed by atoms with Crippen molar-refractivity contribution in [2.24, 2.45) is 5.10 Å². The summed E-state index contributed by atoms with van der Waals surface area (Å²) in [6, 6.07) is 4.56. The van der Waals surface area contributed by atoms with E-state index < -0.39 is 0 Å². The van der Waals surface area contributed by atoms with Gasteiger partial charge in [-0.3, -0.25) is 5.43 Å². The van der Waals surface area contributed by atoms with Gasteiger partial charge < -0.3 is 30.1 Å². The minimum atomic E-state index is 0. The van der Waals surface area contributed by atoms with Crippen LogP contribution in [-0.4, -0.2) is 17.4 Å². The van der Waals surface area contributed by atoms with E-state index in [-0.39, 0.29) is 44.3 Å². The van der Waals surface area contributed by atoms with Crippen LogP contribution >= 0.6 is 23.6 Å². The zero-order chi connectivity index (χ0) is 16.9. The Bertz CT molecular complexity index is 531. The molecular formula is C19H27Cl2N3RuS2. The molecule has 27 heavy (non-hydrogen) atoms. The van der Waals surface area contributed by atoms with Gasteiger partial charge in [-0.25, -0.2) is 0 Å². The van der Waals surface area contributed by atoms with E-state index in [2.05, 4.69) is 40.1 Å². The summed E-state index contributed by atoms with van der Waals surface area (Å²) in [5, 5.41) is 10.0. The fourth-order valence-electron chi connectivity index (χ4n) is 2.66. The van der Waals surface area contributed by atoms with Gasteiger partial charge in [-0.15, -0.1) is 11.3 Å². The van der Waals surface area contributed by atoms with Gasteiger partial charge in [0.05, 0.1) is 6.21 Å². The topological polar surface area (TPSA) is 36.4 Å². The van der Waals surface area contributed by atoms with Crippen molar-refractivity contribution in [1.82, 2.24) is 10.7 Å². The number of nitrogens with zero attached hydrogens (tertiary/aromatic N) is 1. The molecule has 3 rings (SSSR count). The summed E-state index contributed by atoms with van der Waals surface area (Å²) in [6.45, 7) is 0. The zero-order valence-electron chi connectivity index (χ0n) is 15.2. The largest absolute Gasteiger partial charge is 2.00 e. The quantitative estimate of drug-likeness (QED) is 0.175. The monoisotopic (exact) mass is 533 g/mol. The minimum Gasteiger partial charge on any atom is -1.00 e. The zero-order valence-corrected chi connectivity index (χ0v) is 20.1. The van der Waals surface area contributed by atoms with Crippen LogP contribution in [0, 0.1) is 0 Å². The van der Waals surface area contributed by atoms with Gasteiger partial charge in [-0.1, -0.05) is 43.2 Å². The number of allylic oxidation sites excluding steroid dienone is 4. The molecule has 0 spiro atoms. The Labute approximate surface area is 198 Å². The number of halogens is 2. The van der Waals surface area contributed by atoms with Gasteiger partial charge in [0.2, 0.25) is 0 Å². The SMILES string of the molecule is C1=C\CC/C=C\CC/1.S=C(N/N=C/c1cccs1)NC1CCCC1.[Cl-].[Cl-].[Ru+2]. The summed E-state index contributed by atoms with van der Waals surface area (Å²) in [5.74, 6) is 0. The molecule has 2 aliphatic rings. The molecule has 0 atom stereocenters. The smallest absolute Gasteiger partial charge is 1.00 e. The number of thiocarbonyl (C=S) groups is 1. The average Bonchev–Trinajstić information content (AvgIpc) is 3.21. The number of nitrogens with one attached hydrogen (secondary N) is 2. The third kappa shape index (κ3) is 14.4. The normalized spacial score (nSPS) is 18.2. The first-order valence-corrected chi connectivity index (χ1v) is 10.1. The molecule has 0 bridgehead atoms. The summed E-state index contributed by atoms with van der Waals surface area (Å²) >= 11 is 6.81. The predicted molar refractivity (Wildman–Crippen MR) is 110 cm³/mol. The van der Waals surface area contributed by atoms with Crippen LogP contribution in [0.25, 0.3) is 0 Å². The molecule has 1 aromatic rings. The number of hydrazone groups is 1. The van der Waals surface area contributed by atoms with Crippen molar-refractivity contribution in [3.8, 4) is 0 Å². The first kappa shape index (κ1) is 28.9. The molecular weight excluding hydrogens is 506 g/mol. The molecule has 2 N–H and O–H groups in total. The Hall–Kier alpha value is -0.257. The van der Waals surface area contributed by atoms with E-state index in [9.17, 15) is 0 Å². The second-order valence-corrected chi connectivity index (χ2v) is 7.33. The molecule has 0 amide bonds. The average molecular weight is 534 g/mol. The third-order valence-corrected chi connectivity index (χ3v) is 4.94. The summed E-state index contributed by atoms with van der Waals surface area (Å²) < 4.78 is 0. The maximum atomic E-state index is 5.15. The number of hydrogen-bond acceptors (Lipinski definition) is 3. The van der Waals surface area contributed by atoms with Gasteiger partial charge in [0.1, 0.15) is 0 Å². The van der Waals surface area contributed by atoms with Crippen LogP contribution in [0.5, 0.6) is 0 Å². The van der Waals surface area contributed by atoms with Crippen molar-refractivity contribution in [1.29, 1.82) is 0 Å². The van der Waals surface area contributed by atoms with Crippen molar-refractivity contribution in [2.45, 2.75) is 57.4 Å². The Morgan fingerprint density at radius 1 is 1.04 bits per heavy atom. The number of hydrogen-bond donors (Lipinski definition) is 2. The van der Waals surface area contributed by atoms with E-state index in [1.54, 1.807) is 17.6 Å². The molecule has 1 aromatic heterocycles. The van der Waals surface area contributed by atoms with E-state index in [0.717, 1.165) is 4.88 Å². The van der Waals surface area contributed by atoms with Gasteiger partial charge in [-0.2, -0.15) is 5.10 Å². The van der Waals surface area contributed by atoms with Crippen LogP contribution in [0.4, 0.5) is 0 Å². The summed E-state index contributed by atoms with van der Waals surface area (Å²) in [5.41, 5.74) is 2.84. The summed E-state index contributed by atoms with van der Waals surface area (Å²) in [6.07, 6.45) is 20.8. The van der Waals surface area contributed by atoms with Crippen LogP contribution in [0.1, 0.15) is 56.2 Å². The predicted octanol–water partition coefficient (Wildman–Crippen LogP) is -0.833. The van der Waals surface area contributed by atoms with Gasteiger partial charge in [-0.05, 0) is 62.2 Å². The molecule has 3 nitrogen and oxygen atoms in total. The summed E-state index contributed by atoms with van der Waals surface area (Å²) in [4.78, 5) is 1.12. The van der Waals surface area contributed by atoms with E-state index in [0.29, 0.717) is 11.2 Å². The van der Waals surface area contributed by atoms with Crippen molar-refractivity contribution in [3.05, 3.63) is 46.7 Å². The molecule has 1 fully saturated rings. The Kier molecular flexibility index (Phi) is 20.5. The summed E-state index contributed by atoms with van der Waals surface area (Å²) in [7, 11) is 0. The maximum absolute atomic E-state index is 5.15. The van der Waals surface area contributed by atoms with Gasteiger partial charge in [0, 0.05) is 10.9 Å². The molecule has 0 saturated heterocycles. The van der Waals surface area contributed by atoms with E-state index in [4.69, 9.17) is 12.2 Å². The molecule has 2 aliphatic carbocycles. The molecule has 0 aromatic carbocycles.